The zero-order chi connectivity index (χ0) is 9.19. The molecule has 0 heterocycles. The molecule has 0 aromatic heterocycles. The van der Waals surface area contributed by atoms with Gasteiger partial charge in [-0.1, -0.05) is 49.6 Å². The zero-order valence-electron chi connectivity index (χ0n) is 8.34. The first-order chi connectivity index (χ1) is 6.50. The van der Waals surface area contributed by atoms with Crippen LogP contribution in [0.3, 0.4) is 0 Å². The average Bonchev–Trinajstić information content (AvgIpc) is 2.18. The fraction of sp³-hybridized carbons (Fsp3) is 0.538. The minimum Gasteiger partial charge on any atom is -0.0845 e. The summed E-state index contributed by atoms with van der Waals surface area (Å²) < 4.78 is 0. The smallest absolute Gasteiger partial charge is 0.0187 e. The third-order valence-corrected chi connectivity index (χ3v) is 2.28. The van der Waals surface area contributed by atoms with Crippen LogP contribution in [0.15, 0.2) is 30.4 Å². The van der Waals surface area contributed by atoms with Crippen molar-refractivity contribution in [2.75, 3.05) is 0 Å². The monoisotopic (exact) mass is 175 g/mol. The molecule has 1 aliphatic rings. The molecule has 1 rings (SSSR count). The van der Waals surface area contributed by atoms with Crippen LogP contribution in [0.2, 0.25) is 0 Å². The Labute approximate surface area is 82.0 Å². The second kappa shape index (κ2) is 7.85. The second-order valence-corrected chi connectivity index (χ2v) is 3.51. The first kappa shape index (κ1) is 10.3. The molecule has 0 aromatic rings. The van der Waals surface area contributed by atoms with Gasteiger partial charge in [-0.2, -0.15) is 0 Å². The van der Waals surface area contributed by atoms with Gasteiger partial charge in [0.15, 0.2) is 0 Å². The fourth-order valence-electron chi connectivity index (χ4n) is 1.48. The summed E-state index contributed by atoms with van der Waals surface area (Å²) >= 11 is 0. The lowest BCUT2D eigenvalue weighted by molar-refractivity contribution is 0.622. The fourth-order valence-corrected chi connectivity index (χ4v) is 1.48. The summed E-state index contributed by atoms with van der Waals surface area (Å²) in [7, 11) is 0. The van der Waals surface area contributed by atoms with Gasteiger partial charge < -0.3 is 0 Å². The minimum atomic E-state index is 1.21. The Morgan fingerprint density at radius 1 is 0.769 bits per heavy atom. The van der Waals surface area contributed by atoms with Gasteiger partial charge in [0.05, 0.1) is 0 Å². The Bertz CT molecular complexity index is 164. The summed E-state index contributed by atoms with van der Waals surface area (Å²) in [5, 5.41) is 0. The molecule has 13 heavy (non-hydrogen) atoms. The van der Waals surface area contributed by atoms with Gasteiger partial charge in [-0.05, 0) is 31.8 Å². The quantitative estimate of drug-likeness (QED) is 0.517. The number of hydrogen-bond donors (Lipinski definition) is 0. The van der Waals surface area contributed by atoms with Crippen molar-refractivity contribution in [3.8, 4) is 0 Å². The normalized spacial score (nSPS) is 27.7. The highest BCUT2D eigenvalue weighted by molar-refractivity contribution is 5.05. The molecule has 0 atom stereocenters. The summed E-state index contributed by atoms with van der Waals surface area (Å²) in [5.74, 6) is 0. The van der Waals surface area contributed by atoms with Crippen molar-refractivity contribution < 1.29 is 0 Å². The number of hydrogen-bond acceptors (Lipinski definition) is 0. The van der Waals surface area contributed by atoms with Crippen molar-refractivity contribution in [1.29, 1.82) is 0 Å². The molecule has 0 spiro atoms. The molecule has 1 radical (unpaired) electrons. The van der Waals surface area contributed by atoms with Gasteiger partial charge in [0.25, 0.3) is 0 Å². The van der Waals surface area contributed by atoms with Gasteiger partial charge in [-0.25, -0.2) is 0 Å². The van der Waals surface area contributed by atoms with Crippen LogP contribution in [0.4, 0.5) is 0 Å². The van der Waals surface area contributed by atoms with Gasteiger partial charge in [-0.15, -0.1) is 0 Å². The van der Waals surface area contributed by atoms with Crippen LogP contribution >= 0.6 is 0 Å². The molecule has 0 aromatic carbocycles. The van der Waals surface area contributed by atoms with E-state index in [4.69, 9.17) is 0 Å². The highest BCUT2D eigenvalue weighted by Gasteiger charge is 1.88. The number of rotatable bonds is 0. The van der Waals surface area contributed by atoms with E-state index in [1.807, 2.05) is 12.2 Å². The topological polar surface area (TPSA) is 0 Å². The van der Waals surface area contributed by atoms with E-state index in [2.05, 4.69) is 24.3 Å². The van der Waals surface area contributed by atoms with E-state index in [0.29, 0.717) is 0 Å². The molecular weight excluding hydrogens is 156 g/mol. The molecule has 71 valence electrons. The SMILES string of the molecule is [C]1=C/C=C\CCCCCCC/C=C/1. The second-order valence-electron chi connectivity index (χ2n) is 3.51. The van der Waals surface area contributed by atoms with E-state index >= 15 is 0 Å². The van der Waals surface area contributed by atoms with Crippen LogP contribution in [-0.4, -0.2) is 0 Å². The van der Waals surface area contributed by atoms with E-state index in [1.54, 1.807) is 0 Å². The predicted molar refractivity (Wildman–Crippen MR) is 58.4 cm³/mol. The van der Waals surface area contributed by atoms with E-state index in [-0.39, 0.29) is 0 Å². The van der Waals surface area contributed by atoms with Gasteiger partial charge >= 0.3 is 0 Å². The lowest BCUT2D eigenvalue weighted by Crippen LogP contribution is -1.77. The van der Waals surface area contributed by atoms with Crippen LogP contribution in [0, 0.1) is 6.08 Å². The molecule has 0 fully saturated rings. The molecule has 0 bridgehead atoms. The Kier molecular flexibility index (Phi) is 6.22. The summed E-state index contributed by atoms with van der Waals surface area (Å²) in [6, 6.07) is 0. The van der Waals surface area contributed by atoms with E-state index in [1.165, 1.54) is 44.9 Å². The highest BCUT2D eigenvalue weighted by atomic mass is 13.9. The van der Waals surface area contributed by atoms with E-state index in [0.717, 1.165) is 0 Å². The van der Waals surface area contributed by atoms with Crippen molar-refractivity contribution in [2.45, 2.75) is 44.9 Å². The van der Waals surface area contributed by atoms with Crippen LogP contribution in [0.25, 0.3) is 0 Å². The maximum absolute atomic E-state index is 3.13. The zero-order valence-corrected chi connectivity index (χ0v) is 8.34. The number of allylic oxidation sites excluding steroid dienone is 6. The maximum Gasteiger partial charge on any atom is -0.0187 e. The molecule has 0 amide bonds. The molecule has 0 unspecified atom stereocenters. The van der Waals surface area contributed by atoms with E-state index in [9.17, 15) is 0 Å². The minimum absolute atomic E-state index is 1.21. The average molecular weight is 175 g/mol. The first-order valence-electron chi connectivity index (χ1n) is 5.39. The van der Waals surface area contributed by atoms with Gasteiger partial charge in [0.2, 0.25) is 0 Å². The standard InChI is InChI=1S/C13H19/c1-2-4-6-8-10-12-13-11-9-7-5-3-1/h1-3,7,9H,4,6,8,10-13H2/b2-1-,5-3?,9-7+. The Balaban J connectivity index is 2.29. The van der Waals surface area contributed by atoms with E-state index < -0.39 is 0 Å². The Morgan fingerprint density at radius 3 is 2.31 bits per heavy atom. The van der Waals surface area contributed by atoms with Crippen LogP contribution in [0.1, 0.15) is 44.9 Å². The summed E-state index contributed by atoms with van der Waals surface area (Å²) in [5.41, 5.74) is 0. The van der Waals surface area contributed by atoms with Gasteiger partial charge in [-0.3, -0.25) is 0 Å². The molecule has 0 saturated carbocycles. The van der Waals surface area contributed by atoms with Crippen molar-refractivity contribution in [2.24, 2.45) is 0 Å². The highest BCUT2D eigenvalue weighted by Crippen LogP contribution is 2.08. The lowest BCUT2D eigenvalue weighted by Gasteiger charge is -1.97. The summed E-state index contributed by atoms with van der Waals surface area (Å²) in [6.45, 7) is 0. The molecule has 0 N–H and O–H groups in total. The van der Waals surface area contributed by atoms with Crippen LogP contribution in [0.5, 0.6) is 0 Å². The Morgan fingerprint density at radius 2 is 1.46 bits per heavy atom. The van der Waals surface area contributed by atoms with Crippen molar-refractivity contribution in [3.05, 3.63) is 36.5 Å². The molecule has 0 aliphatic heterocycles. The summed E-state index contributed by atoms with van der Waals surface area (Å²) in [4.78, 5) is 0. The maximum atomic E-state index is 3.13. The van der Waals surface area contributed by atoms with Crippen molar-refractivity contribution in [1.82, 2.24) is 0 Å². The predicted octanol–water partition coefficient (Wildman–Crippen LogP) is 4.20. The summed E-state index contributed by atoms with van der Waals surface area (Å²) in [6.07, 6.45) is 23.0. The van der Waals surface area contributed by atoms with Crippen molar-refractivity contribution >= 4 is 0 Å². The van der Waals surface area contributed by atoms with Crippen molar-refractivity contribution in [3.63, 3.8) is 0 Å². The molecule has 0 heteroatoms. The largest absolute Gasteiger partial charge is 0.0845 e. The van der Waals surface area contributed by atoms with Gasteiger partial charge in [0.1, 0.15) is 0 Å². The lowest BCUT2D eigenvalue weighted by atomic mass is 10.1. The third-order valence-electron chi connectivity index (χ3n) is 2.28. The Hall–Kier alpha value is -0.780. The van der Waals surface area contributed by atoms with Gasteiger partial charge in [0, 0.05) is 0 Å². The van der Waals surface area contributed by atoms with Crippen LogP contribution in [-0.2, 0) is 0 Å². The molecule has 0 saturated heterocycles. The molecular formula is C13H19. The first-order valence-corrected chi connectivity index (χ1v) is 5.39. The van der Waals surface area contributed by atoms with Crippen LogP contribution < -0.4 is 0 Å². The molecule has 0 nitrogen and oxygen atoms in total. The third kappa shape index (κ3) is 6.39. The molecule has 1 aliphatic carbocycles.